The first-order chi connectivity index (χ1) is 14.2. The monoisotopic (exact) mass is 416 g/mol. The Hall–Kier alpha value is -3.95. The smallest absolute Gasteiger partial charge is 0.346 e. The molecule has 1 amide bonds. The SMILES string of the molecule is COc1cc(C(=O)O[C@H](C)C(=O)c2ccc(NC(C)=O)cc2)c([N+](=O)[O-])cc1OC. The third-order valence-corrected chi connectivity index (χ3v) is 4.06. The quantitative estimate of drug-likeness (QED) is 0.300. The number of carbonyl (C=O) groups excluding carboxylic acids is 3. The number of hydrogen-bond acceptors (Lipinski definition) is 8. The number of carbonyl (C=O) groups is 3. The van der Waals surface area contributed by atoms with Gasteiger partial charge in [0.1, 0.15) is 5.56 Å². The number of anilines is 1. The van der Waals surface area contributed by atoms with Crippen molar-refractivity contribution in [3.8, 4) is 11.5 Å². The van der Waals surface area contributed by atoms with Gasteiger partial charge in [-0.1, -0.05) is 0 Å². The van der Waals surface area contributed by atoms with E-state index in [9.17, 15) is 24.5 Å². The Labute approximate surface area is 171 Å². The molecule has 2 rings (SSSR count). The minimum Gasteiger partial charge on any atom is -0.493 e. The molecule has 10 nitrogen and oxygen atoms in total. The highest BCUT2D eigenvalue weighted by Crippen LogP contribution is 2.35. The summed E-state index contributed by atoms with van der Waals surface area (Å²) in [6.45, 7) is 2.71. The topological polar surface area (TPSA) is 134 Å². The van der Waals surface area contributed by atoms with E-state index >= 15 is 0 Å². The van der Waals surface area contributed by atoms with Gasteiger partial charge in [0, 0.05) is 24.2 Å². The number of nitrogens with zero attached hydrogens (tertiary/aromatic N) is 1. The van der Waals surface area contributed by atoms with E-state index in [0.717, 1.165) is 12.1 Å². The van der Waals surface area contributed by atoms with Crippen molar-refractivity contribution in [2.24, 2.45) is 0 Å². The van der Waals surface area contributed by atoms with Gasteiger partial charge in [0.2, 0.25) is 11.7 Å². The molecule has 1 atom stereocenters. The summed E-state index contributed by atoms with van der Waals surface area (Å²) in [4.78, 5) is 46.7. The van der Waals surface area contributed by atoms with Crippen molar-refractivity contribution >= 4 is 29.0 Å². The fourth-order valence-corrected chi connectivity index (χ4v) is 2.62. The molecule has 0 bridgehead atoms. The summed E-state index contributed by atoms with van der Waals surface area (Å²) < 4.78 is 15.2. The lowest BCUT2D eigenvalue weighted by Crippen LogP contribution is -2.25. The van der Waals surface area contributed by atoms with E-state index in [-0.39, 0.29) is 28.5 Å². The molecule has 10 heteroatoms. The summed E-state index contributed by atoms with van der Waals surface area (Å²) in [5, 5.41) is 13.9. The Bertz CT molecular complexity index is 985. The predicted octanol–water partition coefficient (Wildman–Crippen LogP) is 3.00. The molecule has 0 fully saturated rings. The summed E-state index contributed by atoms with van der Waals surface area (Å²) in [7, 11) is 2.62. The van der Waals surface area contributed by atoms with Gasteiger partial charge in [-0.2, -0.15) is 0 Å². The lowest BCUT2D eigenvalue weighted by atomic mass is 10.1. The second kappa shape index (κ2) is 9.50. The second-order valence-corrected chi connectivity index (χ2v) is 6.15. The van der Waals surface area contributed by atoms with Gasteiger partial charge in [-0.05, 0) is 31.2 Å². The van der Waals surface area contributed by atoms with Gasteiger partial charge in [0.05, 0.1) is 25.2 Å². The van der Waals surface area contributed by atoms with E-state index in [4.69, 9.17) is 14.2 Å². The molecule has 0 aromatic heterocycles. The van der Waals surface area contributed by atoms with Crippen LogP contribution >= 0.6 is 0 Å². The summed E-state index contributed by atoms with van der Waals surface area (Å²) >= 11 is 0. The number of esters is 1. The maximum atomic E-state index is 12.5. The van der Waals surface area contributed by atoms with Gasteiger partial charge < -0.3 is 19.5 Å². The fourth-order valence-electron chi connectivity index (χ4n) is 2.62. The maximum Gasteiger partial charge on any atom is 0.346 e. The molecule has 0 aliphatic heterocycles. The van der Waals surface area contributed by atoms with Crippen LogP contribution in [0.2, 0.25) is 0 Å². The number of amides is 1. The molecule has 0 saturated heterocycles. The molecule has 1 N–H and O–H groups in total. The number of rotatable bonds is 8. The van der Waals surface area contributed by atoms with Crippen LogP contribution in [0, 0.1) is 10.1 Å². The minimum atomic E-state index is -1.21. The highest BCUT2D eigenvalue weighted by Gasteiger charge is 2.28. The third-order valence-electron chi connectivity index (χ3n) is 4.06. The van der Waals surface area contributed by atoms with Gasteiger partial charge in [-0.25, -0.2) is 4.79 Å². The van der Waals surface area contributed by atoms with Crippen LogP contribution in [-0.2, 0) is 9.53 Å². The zero-order valence-corrected chi connectivity index (χ0v) is 16.8. The number of benzene rings is 2. The number of ether oxygens (including phenoxy) is 3. The highest BCUT2D eigenvalue weighted by atomic mass is 16.6. The first-order valence-electron chi connectivity index (χ1n) is 8.71. The molecule has 0 saturated carbocycles. The number of ketones is 1. The average Bonchev–Trinajstić information content (AvgIpc) is 2.71. The van der Waals surface area contributed by atoms with E-state index < -0.39 is 28.5 Å². The van der Waals surface area contributed by atoms with Crippen molar-refractivity contribution < 1.29 is 33.5 Å². The largest absolute Gasteiger partial charge is 0.493 e. The molecule has 0 aliphatic carbocycles. The summed E-state index contributed by atoms with van der Waals surface area (Å²) in [6.07, 6.45) is -1.21. The van der Waals surface area contributed by atoms with Crippen molar-refractivity contribution in [2.45, 2.75) is 20.0 Å². The Kier molecular flexibility index (Phi) is 7.08. The molecule has 2 aromatic rings. The Morgan fingerprint density at radius 2 is 1.60 bits per heavy atom. The lowest BCUT2D eigenvalue weighted by Gasteiger charge is -2.14. The van der Waals surface area contributed by atoms with Crippen molar-refractivity contribution in [1.29, 1.82) is 0 Å². The molecule has 0 radical (unpaired) electrons. The molecule has 0 heterocycles. The standard InChI is InChI=1S/C20H20N2O8/c1-11(19(24)13-5-7-14(8-6-13)21-12(2)23)30-20(25)15-9-17(28-3)18(29-4)10-16(15)22(26)27/h5-11H,1-4H3,(H,21,23)/t11-/m1/s1. The molecule has 2 aromatic carbocycles. The Balaban J connectivity index is 2.23. The third kappa shape index (κ3) is 5.10. The zero-order valence-electron chi connectivity index (χ0n) is 16.8. The molecule has 0 unspecified atom stereocenters. The Morgan fingerprint density at radius 3 is 2.10 bits per heavy atom. The highest BCUT2D eigenvalue weighted by molar-refractivity contribution is 6.02. The van der Waals surface area contributed by atoms with E-state index in [1.54, 1.807) is 0 Å². The van der Waals surface area contributed by atoms with Crippen LogP contribution in [0.15, 0.2) is 36.4 Å². The van der Waals surface area contributed by atoms with Crippen molar-refractivity contribution in [3.05, 3.63) is 57.6 Å². The van der Waals surface area contributed by atoms with E-state index in [2.05, 4.69) is 5.32 Å². The minimum absolute atomic E-state index is 0.0733. The van der Waals surface area contributed by atoms with Crippen molar-refractivity contribution in [3.63, 3.8) is 0 Å². The molecule has 0 aliphatic rings. The van der Waals surface area contributed by atoms with Crippen LogP contribution < -0.4 is 14.8 Å². The number of Topliss-reactive ketones (excluding diaryl/α,β-unsaturated/α-hetero) is 1. The van der Waals surface area contributed by atoms with Crippen molar-refractivity contribution in [1.82, 2.24) is 0 Å². The van der Waals surface area contributed by atoms with Crippen LogP contribution in [0.3, 0.4) is 0 Å². The summed E-state index contributed by atoms with van der Waals surface area (Å²) in [6, 6.07) is 8.17. The van der Waals surface area contributed by atoms with Gasteiger partial charge in [0.15, 0.2) is 17.6 Å². The van der Waals surface area contributed by atoms with Gasteiger partial charge in [0.25, 0.3) is 5.69 Å². The Morgan fingerprint density at radius 1 is 1.03 bits per heavy atom. The average molecular weight is 416 g/mol. The van der Waals surface area contributed by atoms with Crippen LogP contribution in [0.5, 0.6) is 11.5 Å². The zero-order chi connectivity index (χ0) is 22.4. The van der Waals surface area contributed by atoms with E-state index in [0.29, 0.717) is 5.69 Å². The van der Waals surface area contributed by atoms with E-state index in [1.807, 2.05) is 0 Å². The van der Waals surface area contributed by atoms with Crippen molar-refractivity contribution in [2.75, 3.05) is 19.5 Å². The molecular weight excluding hydrogens is 396 g/mol. The van der Waals surface area contributed by atoms with E-state index in [1.165, 1.54) is 52.3 Å². The van der Waals surface area contributed by atoms with Crippen LogP contribution in [0.25, 0.3) is 0 Å². The summed E-state index contributed by atoms with van der Waals surface area (Å²) in [5.41, 5.74) is -0.175. The number of methoxy groups -OCH3 is 2. The first kappa shape index (κ1) is 22.3. The normalized spacial score (nSPS) is 11.2. The number of nitrogens with one attached hydrogen (secondary N) is 1. The second-order valence-electron chi connectivity index (χ2n) is 6.15. The molecule has 0 spiro atoms. The first-order valence-corrected chi connectivity index (χ1v) is 8.71. The number of hydrogen-bond donors (Lipinski definition) is 1. The van der Waals surface area contributed by atoms with Crippen LogP contribution in [0.4, 0.5) is 11.4 Å². The number of nitro benzene ring substituents is 1. The molecule has 30 heavy (non-hydrogen) atoms. The fraction of sp³-hybridized carbons (Fsp3) is 0.250. The number of nitro groups is 1. The lowest BCUT2D eigenvalue weighted by molar-refractivity contribution is -0.385. The van der Waals surface area contributed by atoms with Crippen LogP contribution in [-0.4, -0.2) is 42.9 Å². The summed E-state index contributed by atoms with van der Waals surface area (Å²) in [5.74, 6) is -1.65. The van der Waals surface area contributed by atoms with Gasteiger partial charge in [-0.15, -0.1) is 0 Å². The molecule has 158 valence electrons. The van der Waals surface area contributed by atoms with Crippen LogP contribution in [0.1, 0.15) is 34.6 Å². The van der Waals surface area contributed by atoms with Gasteiger partial charge in [-0.3, -0.25) is 19.7 Å². The predicted molar refractivity (Wildman–Crippen MR) is 106 cm³/mol. The maximum absolute atomic E-state index is 12.5. The molecular formula is C20H20N2O8. The van der Waals surface area contributed by atoms with Gasteiger partial charge >= 0.3 is 5.97 Å².